The number of amides is 1. The molecule has 5 aromatic rings. The molecular formula is C29H20N4O4S2. The molecule has 0 saturated carbocycles. The maximum Gasteiger partial charge on any atom is 0.301 e. The number of hydrogen-bond donors (Lipinski definition) is 2. The van der Waals surface area contributed by atoms with Gasteiger partial charge in [-0.25, -0.2) is 0 Å². The van der Waals surface area contributed by atoms with Gasteiger partial charge >= 0.3 is 5.91 Å². The summed E-state index contributed by atoms with van der Waals surface area (Å²) in [4.78, 5) is 31.8. The zero-order valence-electron chi connectivity index (χ0n) is 20.3. The van der Waals surface area contributed by atoms with Crippen LogP contribution in [0, 0.1) is 0 Å². The standard InChI is InChI=1S/C29H20N4O4S2/c34-21-10-8-18(9-11-21)24-23(25(35)19-12-14-30-15-13-19)26(36)27(37)33(24)28-31-32-29(39-28)38-16-20-6-3-5-17-4-1-2-7-22(17)20/h1-15,24,34-35H,16H2. The number of benzene rings is 3. The number of nitrogens with zero attached hydrogens (tertiary/aromatic N) is 4. The number of anilines is 1. The number of fused-ring (bicyclic) bond motifs is 1. The Bertz CT molecular complexity index is 1730. The van der Waals surface area contributed by atoms with E-state index in [2.05, 4.69) is 39.4 Å². The number of Topliss-reactive ketones (excluding diaryl/α,β-unsaturated/α-hetero) is 1. The fraction of sp³-hybridized carbons (Fsp3) is 0.0690. The molecule has 10 heteroatoms. The summed E-state index contributed by atoms with van der Waals surface area (Å²) in [6, 6.07) is 22.6. The Morgan fingerprint density at radius 1 is 0.923 bits per heavy atom. The second-order valence-electron chi connectivity index (χ2n) is 8.77. The lowest BCUT2D eigenvalue weighted by molar-refractivity contribution is -0.132. The minimum atomic E-state index is -0.956. The molecule has 1 saturated heterocycles. The summed E-state index contributed by atoms with van der Waals surface area (Å²) in [5, 5.41) is 32.0. The number of carbonyl (C=O) groups excluding carboxylic acids is 2. The summed E-state index contributed by atoms with van der Waals surface area (Å²) in [6.07, 6.45) is 2.98. The van der Waals surface area contributed by atoms with Crippen LogP contribution in [0.25, 0.3) is 16.5 Å². The second kappa shape index (κ2) is 10.3. The van der Waals surface area contributed by atoms with E-state index in [1.807, 2.05) is 18.2 Å². The van der Waals surface area contributed by atoms with Crippen LogP contribution in [0.4, 0.5) is 5.13 Å². The number of phenolic OH excluding ortho intramolecular Hbond substituents is 1. The van der Waals surface area contributed by atoms with Gasteiger partial charge in [0.05, 0.1) is 11.6 Å². The predicted octanol–water partition coefficient (Wildman–Crippen LogP) is 5.71. The Morgan fingerprint density at radius 3 is 2.46 bits per heavy atom. The van der Waals surface area contributed by atoms with Crippen LogP contribution in [0.3, 0.4) is 0 Å². The van der Waals surface area contributed by atoms with Gasteiger partial charge in [0, 0.05) is 23.7 Å². The molecule has 0 bridgehead atoms. The third-order valence-electron chi connectivity index (χ3n) is 6.44. The molecule has 192 valence electrons. The van der Waals surface area contributed by atoms with Crippen LogP contribution < -0.4 is 4.90 Å². The molecule has 6 rings (SSSR count). The van der Waals surface area contributed by atoms with Crippen molar-refractivity contribution in [2.45, 2.75) is 16.1 Å². The topological polar surface area (TPSA) is 117 Å². The first-order valence-electron chi connectivity index (χ1n) is 11.9. The van der Waals surface area contributed by atoms with Crippen molar-refractivity contribution in [3.8, 4) is 5.75 Å². The second-order valence-corrected chi connectivity index (χ2v) is 11.0. The normalized spacial score (nSPS) is 16.7. The number of carbonyl (C=O) groups is 2. The fourth-order valence-corrected chi connectivity index (χ4v) is 6.45. The molecule has 1 aliphatic rings. The quantitative estimate of drug-likeness (QED) is 0.0905. The van der Waals surface area contributed by atoms with Gasteiger partial charge in [0.2, 0.25) is 5.13 Å². The molecule has 1 atom stereocenters. The van der Waals surface area contributed by atoms with Crippen LogP contribution >= 0.6 is 23.1 Å². The van der Waals surface area contributed by atoms with E-state index in [1.165, 1.54) is 52.5 Å². The largest absolute Gasteiger partial charge is 0.508 e. The lowest BCUT2D eigenvalue weighted by Gasteiger charge is -2.22. The van der Waals surface area contributed by atoms with Gasteiger partial charge in [-0.3, -0.25) is 19.5 Å². The molecular weight excluding hydrogens is 532 g/mol. The van der Waals surface area contributed by atoms with Crippen LogP contribution in [0.15, 0.2) is 101 Å². The molecule has 0 spiro atoms. The number of aliphatic hydroxyl groups excluding tert-OH is 1. The molecule has 2 N–H and O–H groups in total. The number of thioether (sulfide) groups is 1. The van der Waals surface area contributed by atoms with Crippen LogP contribution in [-0.4, -0.2) is 37.1 Å². The van der Waals surface area contributed by atoms with E-state index < -0.39 is 17.7 Å². The number of rotatable bonds is 6. The highest BCUT2D eigenvalue weighted by Crippen LogP contribution is 2.44. The number of aromatic hydroxyl groups is 1. The molecule has 39 heavy (non-hydrogen) atoms. The Hall–Kier alpha value is -4.54. The third-order valence-corrected chi connectivity index (χ3v) is 8.54. The van der Waals surface area contributed by atoms with E-state index in [0.29, 0.717) is 21.2 Å². The van der Waals surface area contributed by atoms with Gasteiger partial charge in [0.1, 0.15) is 11.5 Å². The molecule has 1 aliphatic heterocycles. The number of phenols is 1. The number of hydrogen-bond acceptors (Lipinski definition) is 9. The van der Waals surface area contributed by atoms with Gasteiger partial charge in [-0.15, -0.1) is 10.2 Å². The number of aromatic nitrogens is 3. The molecule has 0 radical (unpaired) electrons. The third kappa shape index (κ3) is 4.64. The number of aliphatic hydroxyl groups is 1. The summed E-state index contributed by atoms with van der Waals surface area (Å²) in [5.74, 6) is -1.27. The molecule has 3 heterocycles. The Balaban J connectivity index is 1.36. The van der Waals surface area contributed by atoms with Crippen molar-refractivity contribution < 1.29 is 19.8 Å². The van der Waals surface area contributed by atoms with Crippen LogP contribution in [-0.2, 0) is 15.3 Å². The summed E-state index contributed by atoms with van der Waals surface area (Å²) in [7, 11) is 0. The highest BCUT2D eigenvalue weighted by atomic mass is 32.2. The highest BCUT2D eigenvalue weighted by Gasteiger charge is 2.48. The SMILES string of the molecule is O=C1C(=O)N(c2nnc(SCc3cccc4ccccc34)s2)C(c2ccc(O)cc2)C1=C(O)c1ccncc1. The zero-order chi connectivity index (χ0) is 26.9. The van der Waals surface area contributed by atoms with Crippen molar-refractivity contribution in [3.63, 3.8) is 0 Å². The zero-order valence-corrected chi connectivity index (χ0v) is 21.9. The van der Waals surface area contributed by atoms with Gasteiger partial charge in [-0.1, -0.05) is 77.7 Å². The van der Waals surface area contributed by atoms with Crippen LogP contribution in [0.2, 0.25) is 0 Å². The van der Waals surface area contributed by atoms with Gasteiger partial charge in [0.25, 0.3) is 5.78 Å². The summed E-state index contributed by atoms with van der Waals surface area (Å²) >= 11 is 2.70. The lowest BCUT2D eigenvalue weighted by Crippen LogP contribution is -2.29. The first kappa shape index (κ1) is 24.8. The van der Waals surface area contributed by atoms with Gasteiger partial charge < -0.3 is 10.2 Å². The Labute approximate surface area is 231 Å². The molecule has 2 aromatic heterocycles. The molecule has 3 aromatic carbocycles. The van der Waals surface area contributed by atoms with E-state index in [0.717, 1.165) is 16.3 Å². The summed E-state index contributed by atoms with van der Waals surface area (Å²) in [5.41, 5.74) is 1.96. The number of pyridine rings is 1. The maximum atomic E-state index is 13.3. The average Bonchev–Trinajstić information content (AvgIpc) is 3.54. The van der Waals surface area contributed by atoms with Crippen molar-refractivity contribution in [3.05, 3.63) is 114 Å². The molecule has 0 aliphatic carbocycles. The Morgan fingerprint density at radius 2 is 1.67 bits per heavy atom. The first-order valence-corrected chi connectivity index (χ1v) is 13.7. The predicted molar refractivity (Wildman–Crippen MR) is 151 cm³/mol. The van der Waals surface area contributed by atoms with E-state index in [-0.39, 0.29) is 22.2 Å². The minimum absolute atomic E-state index is 0.0351. The van der Waals surface area contributed by atoms with Gasteiger partial charge in [-0.2, -0.15) is 0 Å². The van der Waals surface area contributed by atoms with Crippen molar-refractivity contribution in [2.24, 2.45) is 0 Å². The summed E-state index contributed by atoms with van der Waals surface area (Å²) in [6.45, 7) is 0. The minimum Gasteiger partial charge on any atom is -0.508 e. The Kier molecular flexibility index (Phi) is 6.55. The maximum absolute atomic E-state index is 13.3. The smallest absolute Gasteiger partial charge is 0.301 e. The highest BCUT2D eigenvalue weighted by molar-refractivity contribution is 8.00. The molecule has 8 nitrogen and oxygen atoms in total. The monoisotopic (exact) mass is 552 g/mol. The van der Waals surface area contributed by atoms with Gasteiger partial charge in [-0.05, 0) is 46.2 Å². The van der Waals surface area contributed by atoms with Crippen LogP contribution in [0.1, 0.15) is 22.7 Å². The van der Waals surface area contributed by atoms with E-state index >= 15 is 0 Å². The van der Waals surface area contributed by atoms with Crippen molar-refractivity contribution >= 4 is 56.5 Å². The summed E-state index contributed by atoms with van der Waals surface area (Å²) < 4.78 is 0.637. The van der Waals surface area contributed by atoms with E-state index in [1.54, 1.807) is 24.3 Å². The van der Waals surface area contributed by atoms with Gasteiger partial charge in [0.15, 0.2) is 4.34 Å². The lowest BCUT2D eigenvalue weighted by atomic mass is 9.95. The molecule has 1 unspecified atom stereocenters. The number of ketones is 1. The average molecular weight is 553 g/mol. The van der Waals surface area contributed by atoms with Crippen molar-refractivity contribution in [2.75, 3.05) is 4.90 Å². The van der Waals surface area contributed by atoms with E-state index in [9.17, 15) is 19.8 Å². The first-order chi connectivity index (χ1) is 19.0. The van der Waals surface area contributed by atoms with E-state index in [4.69, 9.17) is 0 Å². The van der Waals surface area contributed by atoms with Crippen molar-refractivity contribution in [1.82, 2.24) is 15.2 Å². The van der Waals surface area contributed by atoms with Crippen molar-refractivity contribution in [1.29, 1.82) is 0 Å². The fourth-order valence-electron chi connectivity index (χ4n) is 4.58. The molecule has 1 amide bonds. The van der Waals surface area contributed by atoms with Crippen LogP contribution in [0.5, 0.6) is 5.75 Å². The molecule has 1 fully saturated rings.